The summed E-state index contributed by atoms with van der Waals surface area (Å²) in [6.45, 7) is 8.95. The van der Waals surface area contributed by atoms with Crippen molar-refractivity contribution in [3.8, 4) is 55.9 Å². The molecule has 332 valence electrons. The molecule has 12 aromatic rings. The van der Waals surface area contributed by atoms with Gasteiger partial charge in [0.1, 0.15) is 23.0 Å². The zero-order chi connectivity index (χ0) is 46.8. The van der Waals surface area contributed by atoms with Crippen LogP contribution in [0.5, 0.6) is 5.75 Å². The van der Waals surface area contributed by atoms with Crippen molar-refractivity contribution in [1.29, 1.82) is 0 Å². The molecule has 0 N–H and O–H groups in total. The molecule has 0 saturated heterocycles. The average Bonchev–Trinajstić information content (AvgIpc) is 3.86. The number of allylic oxidation sites excluding steroid dienone is 4. The molecule has 3 heterocycles. The predicted molar refractivity (Wildman–Crippen MR) is 294 cm³/mol. The smallest absolute Gasteiger partial charge is 0.143 e. The fourth-order valence-electron chi connectivity index (χ4n) is 11.5. The second kappa shape index (κ2) is 15.4. The number of furan rings is 1. The molecule has 10 aromatic carbocycles. The van der Waals surface area contributed by atoms with E-state index in [4.69, 9.17) is 9.15 Å². The van der Waals surface area contributed by atoms with Gasteiger partial charge in [0.05, 0.1) is 11.0 Å². The molecule has 0 amide bonds. The highest BCUT2D eigenvalue weighted by molar-refractivity contribution is 6.22. The molecule has 1 aliphatic heterocycles. The zero-order valence-corrected chi connectivity index (χ0v) is 39.5. The lowest BCUT2D eigenvalue weighted by Crippen LogP contribution is -2.16. The van der Waals surface area contributed by atoms with Crippen molar-refractivity contribution in [2.24, 2.45) is 0 Å². The van der Waals surface area contributed by atoms with Crippen molar-refractivity contribution >= 4 is 70.9 Å². The monoisotopic (exact) mass is 897 g/mol. The molecule has 14 rings (SSSR count). The summed E-state index contributed by atoms with van der Waals surface area (Å²) in [6, 6.07) is 65.0. The largest absolute Gasteiger partial charge is 0.481 e. The van der Waals surface area contributed by atoms with Crippen LogP contribution in [0, 0.1) is 27.7 Å². The molecule has 0 fully saturated rings. The van der Waals surface area contributed by atoms with E-state index in [-0.39, 0.29) is 6.10 Å². The summed E-state index contributed by atoms with van der Waals surface area (Å²) >= 11 is 0. The number of rotatable bonds is 5. The number of ether oxygens (including phenoxy) is 1. The Bertz CT molecular complexity index is 4220. The first-order valence-electron chi connectivity index (χ1n) is 24.3. The van der Waals surface area contributed by atoms with E-state index in [9.17, 15) is 0 Å². The Morgan fingerprint density at radius 2 is 0.957 bits per heavy atom. The lowest BCUT2D eigenvalue weighted by Gasteiger charge is -2.24. The maximum Gasteiger partial charge on any atom is 0.143 e. The Kier molecular flexibility index (Phi) is 8.91. The molecule has 0 saturated carbocycles. The minimum Gasteiger partial charge on any atom is -0.481 e. The number of para-hydroxylation sites is 3. The Morgan fingerprint density at radius 3 is 1.63 bits per heavy atom. The summed E-state index contributed by atoms with van der Waals surface area (Å²) in [6.07, 6.45) is 10.6. The lowest BCUT2D eigenvalue weighted by atomic mass is 9.83. The third kappa shape index (κ3) is 6.14. The van der Waals surface area contributed by atoms with E-state index in [1.165, 1.54) is 82.4 Å². The van der Waals surface area contributed by atoms with E-state index in [0.717, 1.165) is 72.2 Å². The lowest BCUT2D eigenvalue weighted by molar-refractivity contribution is 0.293. The fraction of sp³-hybridized carbons (Fsp3) is 0.0746. The van der Waals surface area contributed by atoms with Gasteiger partial charge in [0.2, 0.25) is 0 Å². The van der Waals surface area contributed by atoms with Crippen LogP contribution in [0.15, 0.2) is 211 Å². The van der Waals surface area contributed by atoms with Gasteiger partial charge in [-0.2, -0.15) is 0 Å². The van der Waals surface area contributed by atoms with Crippen LogP contribution in [0.4, 0.5) is 0 Å². The Labute approximate surface area is 406 Å². The van der Waals surface area contributed by atoms with Crippen molar-refractivity contribution < 1.29 is 9.15 Å². The van der Waals surface area contributed by atoms with Crippen LogP contribution in [0.2, 0.25) is 0 Å². The van der Waals surface area contributed by atoms with Crippen LogP contribution in [-0.2, 0) is 0 Å². The van der Waals surface area contributed by atoms with Crippen LogP contribution in [0.25, 0.3) is 121 Å². The summed E-state index contributed by atoms with van der Waals surface area (Å²) < 4.78 is 15.8. The van der Waals surface area contributed by atoms with Crippen LogP contribution in [0.3, 0.4) is 0 Å². The second-order valence-corrected chi connectivity index (χ2v) is 19.3. The first kappa shape index (κ1) is 40.4. The molecule has 70 heavy (non-hydrogen) atoms. The second-order valence-electron chi connectivity index (χ2n) is 19.3. The van der Waals surface area contributed by atoms with E-state index < -0.39 is 0 Å². The van der Waals surface area contributed by atoms with E-state index >= 15 is 0 Å². The third-order valence-corrected chi connectivity index (χ3v) is 15.2. The Morgan fingerprint density at radius 1 is 0.414 bits per heavy atom. The predicted octanol–water partition coefficient (Wildman–Crippen LogP) is 18.2. The quantitative estimate of drug-likeness (QED) is 0.161. The van der Waals surface area contributed by atoms with Crippen molar-refractivity contribution in [2.75, 3.05) is 0 Å². The summed E-state index contributed by atoms with van der Waals surface area (Å²) in [7, 11) is 0. The van der Waals surface area contributed by atoms with Crippen molar-refractivity contribution in [2.45, 2.75) is 33.8 Å². The van der Waals surface area contributed by atoms with Gasteiger partial charge in [0.25, 0.3) is 0 Å². The SMILES string of the molecule is Cc1cc2c(-c3ccccc3)c3cc(C)c(C)cc3c(-c3ccc(-n4c5ccc(-c6cccc7c6OC6C=CC=CC7=C6)cc5c5cc(-c6cccc7c6oc6ccccc67)ccc54)cc3)c2cc1C. The van der Waals surface area contributed by atoms with Crippen molar-refractivity contribution in [3.63, 3.8) is 0 Å². The highest BCUT2D eigenvalue weighted by Crippen LogP contribution is 2.48. The summed E-state index contributed by atoms with van der Waals surface area (Å²) in [4.78, 5) is 0. The summed E-state index contributed by atoms with van der Waals surface area (Å²) in [5.41, 5.74) is 22.1. The molecule has 2 aromatic heterocycles. The molecule has 3 nitrogen and oxygen atoms in total. The van der Waals surface area contributed by atoms with Gasteiger partial charge in [-0.3, -0.25) is 0 Å². The van der Waals surface area contributed by atoms with Gasteiger partial charge in [-0.25, -0.2) is 0 Å². The maximum absolute atomic E-state index is 6.72. The van der Waals surface area contributed by atoms with E-state index in [0.29, 0.717) is 0 Å². The Balaban J connectivity index is 0.981. The number of nitrogens with zero attached hydrogens (tertiary/aromatic N) is 1. The number of aryl methyl sites for hydroxylation is 4. The maximum atomic E-state index is 6.72. The van der Waals surface area contributed by atoms with Crippen LogP contribution >= 0.6 is 0 Å². The highest BCUT2D eigenvalue weighted by Gasteiger charge is 2.25. The van der Waals surface area contributed by atoms with Gasteiger partial charge >= 0.3 is 0 Å². The highest BCUT2D eigenvalue weighted by atomic mass is 16.5. The number of fused-ring (bicyclic) bond motifs is 11. The number of aromatic nitrogens is 1. The molecular formula is C67H47NO2. The topological polar surface area (TPSA) is 27.3 Å². The van der Waals surface area contributed by atoms with E-state index in [1.807, 2.05) is 6.07 Å². The zero-order valence-electron chi connectivity index (χ0n) is 39.5. The standard InChI is InChI=1S/C67H47NO2/c1-39-32-57-59(34-41(39)3)65(60-35-42(4)40(2)33-58(60)64(57)43-14-6-5-7-15-43)44-24-28-48(29-25-44)68-61-30-26-46(51-20-12-19-50-45-16-8-9-17-49(36-45)69-66(50)51)37-55(61)56-38-47(27-31-62(56)68)52-21-13-22-54-53-18-10-11-23-63(53)70-67(52)54/h5-38,49H,1-4H3. The van der Waals surface area contributed by atoms with Gasteiger partial charge in [-0.1, -0.05) is 152 Å². The number of hydrogen-bond acceptors (Lipinski definition) is 2. The van der Waals surface area contributed by atoms with Gasteiger partial charge in [-0.05, 0) is 165 Å². The molecule has 0 spiro atoms. The van der Waals surface area contributed by atoms with Gasteiger partial charge in [0.15, 0.2) is 0 Å². The van der Waals surface area contributed by atoms with Crippen molar-refractivity contribution in [3.05, 3.63) is 234 Å². The average molecular weight is 898 g/mol. The van der Waals surface area contributed by atoms with Crippen molar-refractivity contribution in [1.82, 2.24) is 4.57 Å². The third-order valence-electron chi connectivity index (χ3n) is 15.2. The molecule has 1 aliphatic carbocycles. The van der Waals surface area contributed by atoms with Crippen LogP contribution in [0.1, 0.15) is 27.8 Å². The first-order valence-corrected chi connectivity index (χ1v) is 24.3. The molecule has 1 unspecified atom stereocenters. The minimum absolute atomic E-state index is 0.116. The van der Waals surface area contributed by atoms with Crippen LogP contribution in [-0.4, -0.2) is 10.7 Å². The molecule has 0 radical (unpaired) electrons. The number of benzene rings is 10. The molecular weight excluding hydrogens is 851 g/mol. The van der Waals surface area contributed by atoms with Gasteiger partial charge in [0, 0.05) is 43.9 Å². The first-order chi connectivity index (χ1) is 34.3. The normalized spacial score (nSPS) is 14.2. The van der Waals surface area contributed by atoms with Gasteiger partial charge < -0.3 is 13.7 Å². The Hall–Kier alpha value is -8.66. The molecule has 3 heteroatoms. The summed E-state index contributed by atoms with van der Waals surface area (Å²) in [5, 5.41) is 9.71. The molecule has 1 atom stereocenters. The summed E-state index contributed by atoms with van der Waals surface area (Å²) in [5.74, 6) is 0.921. The number of hydrogen-bond donors (Lipinski definition) is 0. The van der Waals surface area contributed by atoms with E-state index in [1.54, 1.807) is 0 Å². The van der Waals surface area contributed by atoms with Gasteiger partial charge in [-0.15, -0.1) is 0 Å². The van der Waals surface area contributed by atoms with Crippen LogP contribution < -0.4 is 4.74 Å². The molecule has 2 bridgehead atoms. The fourth-order valence-corrected chi connectivity index (χ4v) is 11.5. The molecule has 2 aliphatic rings. The minimum atomic E-state index is -0.116. The van der Waals surface area contributed by atoms with E-state index in [2.05, 4.69) is 233 Å².